The predicted molar refractivity (Wildman–Crippen MR) is 120 cm³/mol. The van der Waals surface area contributed by atoms with Crippen molar-refractivity contribution in [3.8, 4) is 11.5 Å². The molecule has 0 bridgehead atoms. The normalized spacial score (nSPS) is 14.8. The van der Waals surface area contributed by atoms with Crippen LogP contribution in [-0.2, 0) is 10.0 Å². The molecule has 0 aliphatic carbocycles. The molecule has 1 aliphatic heterocycles. The van der Waals surface area contributed by atoms with Crippen molar-refractivity contribution in [1.29, 1.82) is 0 Å². The van der Waals surface area contributed by atoms with Crippen LogP contribution in [-0.4, -0.2) is 68.1 Å². The first kappa shape index (κ1) is 21.8. The second-order valence-electron chi connectivity index (χ2n) is 7.01. The quantitative estimate of drug-likeness (QED) is 0.572. The topological polar surface area (TPSA) is 110 Å². The minimum Gasteiger partial charge on any atom is -0.493 e. The van der Waals surface area contributed by atoms with E-state index in [9.17, 15) is 8.42 Å². The first-order chi connectivity index (χ1) is 15.5. The number of rotatable bonds is 7. The number of piperazine rings is 1. The van der Waals surface area contributed by atoms with Crippen LogP contribution in [0.25, 0.3) is 0 Å². The summed E-state index contributed by atoms with van der Waals surface area (Å²) in [5, 5.41) is 3.14. The zero-order chi connectivity index (χ0) is 22.6. The number of benzene rings is 1. The van der Waals surface area contributed by atoms with Crippen LogP contribution in [0.4, 0.5) is 17.5 Å². The third kappa shape index (κ3) is 4.58. The molecule has 1 aliphatic rings. The van der Waals surface area contributed by atoms with Crippen LogP contribution in [0.2, 0.25) is 0 Å². The number of nitrogens with zero attached hydrogens (tertiary/aromatic N) is 5. The lowest BCUT2D eigenvalue weighted by molar-refractivity contribution is 0.353. The SMILES string of the molecule is COc1ccc(S(=O)(=O)N2CCN(c3cc(Nc4ccccn4)ncn3)CC2)cc1OC. The number of hydrogen-bond donors (Lipinski definition) is 1. The fourth-order valence-corrected chi connectivity index (χ4v) is 4.88. The summed E-state index contributed by atoms with van der Waals surface area (Å²) in [4.78, 5) is 15.0. The Morgan fingerprint density at radius 3 is 2.34 bits per heavy atom. The minimum absolute atomic E-state index is 0.174. The van der Waals surface area contributed by atoms with E-state index in [-0.39, 0.29) is 4.90 Å². The highest BCUT2D eigenvalue weighted by atomic mass is 32.2. The highest BCUT2D eigenvalue weighted by Crippen LogP contribution is 2.31. The fourth-order valence-electron chi connectivity index (χ4n) is 3.44. The zero-order valence-corrected chi connectivity index (χ0v) is 18.6. The second-order valence-corrected chi connectivity index (χ2v) is 8.95. The van der Waals surface area contributed by atoms with Gasteiger partial charge in [0.1, 0.15) is 23.8 Å². The molecule has 1 N–H and O–H groups in total. The molecule has 0 spiro atoms. The summed E-state index contributed by atoms with van der Waals surface area (Å²) in [5.74, 6) is 2.88. The van der Waals surface area contributed by atoms with Crippen LogP contribution in [0.5, 0.6) is 11.5 Å². The first-order valence-electron chi connectivity index (χ1n) is 9.98. The summed E-state index contributed by atoms with van der Waals surface area (Å²) >= 11 is 0. The Morgan fingerprint density at radius 1 is 0.875 bits per heavy atom. The molecule has 1 aromatic carbocycles. The summed E-state index contributed by atoms with van der Waals surface area (Å²) in [6.45, 7) is 1.69. The summed E-state index contributed by atoms with van der Waals surface area (Å²) in [7, 11) is -0.669. The summed E-state index contributed by atoms with van der Waals surface area (Å²) in [6.07, 6.45) is 3.18. The molecule has 4 rings (SSSR count). The third-order valence-corrected chi connectivity index (χ3v) is 7.02. The lowest BCUT2D eigenvalue weighted by Gasteiger charge is -2.34. The van der Waals surface area contributed by atoms with Crippen molar-refractivity contribution >= 4 is 27.5 Å². The number of ether oxygens (including phenoxy) is 2. The molecule has 3 heterocycles. The zero-order valence-electron chi connectivity index (χ0n) is 17.8. The molecule has 10 nitrogen and oxygen atoms in total. The van der Waals surface area contributed by atoms with Gasteiger partial charge in [0.25, 0.3) is 0 Å². The third-order valence-electron chi connectivity index (χ3n) is 5.13. The van der Waals surface area contributed by atoms with Crippen molar-refractivity contribution in [1.82, 2.24) is 19.3 Å². The van der Waals surface area contributed by atoms with Gasteiger partial charge in [-0.05, 0) is 24.3 Å². The van der Waals surface area contributed by atoms with E-state index in [0.29, 0.717) is 49.3 Å². The molecule has 1 saturated heterocycles. The Bertz CT molecular complexity index is 1170. The molecule has 168 valence electrons. The Labute approximate surface area is 186 Å². The van der Waals surface area contributed by atoms with E-state index in [1.54, 1.807) is 12.3 Å². The number of nitrogens with one attached hydrogen (secondary N) is 1. The van der Waals surface area contributed by atoms with Crippen LogP contribution in [0.3, 0.4) is 0 Å². The average Bonchev–Trinajstić information content (AvgIpc) is 2.84. The minimum atomic E-state index is -3.66. The molecular weight excluding hydrogens is 432 g/mol. The molecule has 2 aromatic heterocycles. The van der Waals surface area contributed by atoms with Crippen molar-refractivity contribution in [3.05, 3.63) is 55.0 Å². The van der Waals surface area contributed by atoms with Gasteiger partial charge in [-0.2, -0.15) is 4.31 Å². The highest BCUT2D eigenvalue weighted by molar-refractivity contribution is 7.89. The Morgan fingerprint density at radius 2 is 1.66 bits per heavy atom. The molecule has 0 atom stereocenters. The van der Waals surface area contributed by atoms with Crippen LogP contribution < -0.4 is 19.7 Å². The van der Waals surface area contributed by atoms with Gasteiger partial charge in [0.05, 0.1) is 19.1 Å². The van der Waals surface area contributed by atoms with Crippen LogP contribution in [0, 0.1) is 0 Å². The average molecular weight is 457 g/mol. The van der Waals surface area contributed by atoms with Crippen molar-refractivity contribution in [3.63, 3.8) is 0 Å². The largest absolute Gasteiger partial charge is 0.493 e. The molecule has 3 aromatic rings. The van der Waals surface area contributed by atoms with E-state index >= 15 is 0 Å². The number of hydrogen-bond acceptors (Lipinski definition) is 9. The smallest absolute Gasteiger partial charge is 0.243 e. The van der Waals surface area contributed by atoms with E-state index in [2.05, 4.69) is 20.3 Å². The van der Waals surface area contributed by atoms with E-state index in [4.69, 9.17) is 9.47 Å². The molecule has 0 saturated carbocycles. The fraction of sp³-hybridized carbons (Fsp3) is 0.286. The van der Waals surface area contributed by atoms with Gasteiger partial charge in [-0.15, -0.1) is 0 Å². The van der Waals surface area contributed by atoms with Crippen LogP contribution in [0.1, 0.15) is 0 Å². The monoisotopic (exact) mass is 456 g/mol. The molecule has 0 amide bonds. The van der Waals surface area contributed by atoms with Gasteiger partial charge in [-0.25, -0.2) is 23.4 Å². The molecule has 0 unspecified atom stereocenters. The predicted octanol–water partition coefficient (Wildman–Crippen LogP) is 2.14. The van der Waals surface area contributed by atoms with E-state index in [1.165, 1.54) is 37.0 Å². The van der Waals surface area contributed by atoms with Gasteiger partial charge in [-0.1, -0.05) is 6.07 Å². The summed E-state index contributed by atoms with van der Waals surface area (Å²) < 4.78 is 38.2. The summed E-state index contributed by atoms with van der Waals surface area (Å²) in [6, 6.07) is 12.0. The maximum atomic E-state index is 13.1. The maximum absolute atomic E-state index is 13.1. The number of methoxy groups -OCH3 is 2. The van der Waals surface area contributed by atoms with Crippen LogP contribution >= 0.6 is 0 Å². The van der Waals surface area contributed by atoms with Crippen molar-refractivity contribution < 1.29 is 17.9 Å². The van der Waals surface area contributed by atoms with E-state index in [0.717, 1.165) is 5.82 Å². The second kappa shape index (κ2) is 9.37. The first-order valence-corrected chi connectivity index (χ1v) is 11.4. The van der Waals surface area contributed by atoms with Gasteiger partial charge in [0.2, 0.25) is 10.0 Å². The summed E-state index contributed by atoms with van der Waals surface area (Å²) in [5.41, 5.74) is 0. The molecular formula is C21H24N6O4S. The van der Waals surface area contributed by atoms with Crippen molar-refractivity contribution in [2.45, 2.75) is 4.90 Å². The van der Waals surface area contributed by atoms with Gasteiger partial charge in [0, 0.05) is 44.5 Å². The Balaban J connectivity index is 1.44. The Hall–Kier alpha value is -3.44. The molecule has 1 fully saturated rings. The number of sulfonamides is 1. The van der Waals surface area contributed by atoms with E-state index in [1.807, 2.05) is 29.2 Å². The van der Waals surface area contributed by atoms with Crippen molar-refractivity contribution in [2.75, 3.05) is 50.6 Å². The van der Waals surface area contributed by atoms with Crippen LogP contribution in [0.15, 0.2) is 59.9 Å². The van der Waals surface area contributed by atoms with Gasteiger partial charge in [-0.3, -0.25) is 0 Å². The highest BCUT2D eigenvalue weighted by Gasteiger charge is 2.29. The molecule has 11 heteroatoms. The molecule has 32 heavy (non-hydrogen) atoms. The molecule has 0 radical (unpaired) electrons. The standard InChI is InChI=1S/C21H24N6O4S/c1-30-17-7-6-16(13-18(17)31-2)32(28,29)27-11-9-26(10-12-27)21-14-20(23-15-24-21)25-19-5-3-4-8-22-19/h3-8,13-15H,9-12H2,1-2H3,(H,22,23,24,25). The van der Waals surface area contributed by atoms with E-state index < -0.39 is 10.0 Å². The Kier molecular flexibility index (Phi) is 6.37. The van der Waals surface area contributed by atoms with Gasteiger partial charge in [0.15, 0.2) is 11.5 Å². The number of aromatic nitrogens is 3. The lowest BCUT2D eigenvalue weighted by Crippen LogP contribution is -2.48. The van der Waals surface area contributed by atoms with Gasteiger partial charge >= 0.3 is 0 Å². The van der Waals surface area contributed by atoms with Gasteiger partial charge < -0.3 is 19.7 Å². The number of pyridine rings is 1. The maximum Gasteiger partial charge on any atom is 0.243 e. The van der Waals surface area contributed by atoms with Crippen molar-refractivity contribution in [2.24, 2.45) is 0 Å². The number of anilines is 3. The lowest BCUT2D eigenvalue weighted by atomic mass is 10.3.